The van der Waals surface area contributed by atoms with E-state index in [1.54, 1.807) is 40.1 Å². The van der Waals surface area contributed by atoms with Gasteiger partial charge in [-0.15, -0.1) is 0 Å². The van der Waals surface area contributed by atoms with Gasteiger partial charge in [0.25, 0.3) is 0 Å². The molecule has 6 heteroatoms. The van der Waals surface area contributed by atoms with Crippen molar-refractivity contribution in [2.45, 2.75) is 19.4 Å². The molecule has 0 aliphatic carbocycles. The second kappa shape index (κ2) is 8.60. The van der Waals surface area contributed by atoms with Crippen molar-refractivity contribution in [2.24, 2.45) is 0 Å². The van der Waals surface area contributed by atoms with Crippen LogP contribution in [0.1, 0.15) is 13.3 Å². The Balaban J connectivity index is 0.000000322. The Morgan fingerprint density at radius 2 is 1.80 bits per heavy atom. The molecule has 1 rings (SSSR count). The summed E-state index contributed by atoms with van der Waals surface area (Å²) in [5.41, 5.74) is 0. The number of nitrogens with one attached hydrogen (secondary N) is 1. The lowest BCUT2D eigenvalue weighted by atomic mass is 10.6. The molecule has 0 atom stereocenters. The number of H-pyrrole nitrogens is 1. The predicted molar refractivity (Wildman–Crippen MR) is 60.5 cm³/mol. The number of hydrogen-bond acceptors (Lipinski definition) is 4. The van der Waals surface area contributed by atoms with Crippen LogP contribution in [0.5, 0.6) is 0 Å². The summed E-state index contributed by atoms with van der Waals surface area (Å²) in [4.78, 5) is 6.42. The summed E-state index contributed by atoms with van der Waals surface area (Å²) >= 11 is 0. The SMILES string of the molecule is CCC[Si](OC)(OC)OC.c1c[nH]cn1. The highest BCUT2D eigenvalue weighted by Gasteiger charge is 2.36. The van der Waals surface area contributed by atoms with E-state index in [4.69, 9.17) is 13.3 Å². The number of hydrogen-bond donors (Lipinski definition) is 1. The lowest BCUT2D eigenvalue weighted by Crippen LogP contribution is -2.42. The van der Waals surface area contributed by atoms with Crippen LogP contribution in [0, 0.1) is 0 Å². The minimum Gasteiger partial charge on any atom is -0.377 e. The van der Waals surface area contributed by atoms with E-state index in [2.05, 4.69) is 16.9 Å². The first-order valence-electron chi connectivity index (χ1n) is 4.82. The maximum absolute atomic E-state index is 5.17. The van der Waals surface area contributed by atoms with Crippen LogP contribution in [0.25, 0.3) is 0 Å². The minimum atomic E-state index is -2.22. The van der Waals surface area contributed by atoms with E-state index in [1.165, 1.54) is 0 Å². The molecule has 0 saturated carbocycles. The Kier molecular flexibility index (Phi) is 8.20. The molecule has 0 aromatic carbocycles. The van der Waals surface area contributed by atoms with Crippen molar-refractivity contribution in [1.82, 2.24) is 9.97 Å². The minimum absolute atomic E-state index is 0.885. The fraction of sp³-hybridized carbons (Fsp3) is 0.667. The van der Waals surface area contributed by atoms with E-state index in [9.17, 15) is 0 Å². The molecule has 1 aromatic rings. The van der Waals surface area contributed by atoms with Gasteiger partial charge in [0.05, 0.1) is 6.33 Å². The fourth-order valence-corrected chi connectivity index (χ4v) is 2.80. The molecule has 5 nitrogen and oxygen atoms in total. The van der Waals surface area contributed by atoms with Gasteiger partial charge < -0.3 is 18.3 Å². The van der Waals surface area contributed by atoms with Crippen LogP contribution in [0.3, 0.4) is 0 Å². The maximum Gasteiger partial charge on any atom is 0.500 e. The zero-order chi connectivity index (χ0) is 11.6. The average Bonchev–Trinajstić information content (AvgIpc) is 2.85. The van der Waals surface area contributed by atoms with E-state index in [1.807, 2.05) is 0 Å². The Morgan fingerprint density at radius 1 is 1.20 bits per heavy atom. The van der Waals surface area contributed by atoms with Gasteiger partial charge in [-0.05, 0) is 0 Å². The van der Waals surface area contributed by atoms with Gasteiger partial charge in [-0.25, -0.2) is 4.98 Å². The van der Waals surface area contributed by atoms with Gasteiger partial charge in [0, 0.05) is 39.8 Å². The lowest BCUT2D eigenvalue weighted by Gasteiger charge is -2.23. The molecular formula is C9H20N2O3Si. The van der Waals surface area contributed by atoms with Crippen LogP contribution >= 0.6 is 0 Å². The molecule has 0 fully saturated rings. The number of nitrogens with zero attached hydrogens (tertiary/aromatic N) is 1. The highest BCUT2D eigenvalue weighted by Crippen LogP contribution is 2.13. The third-order valence-electron chi connectivity index (χ3n) is 1.90. The largest absolute Gasteiger partial charge is 0.500 e. The summed E-state index contributed by atoms with van der Waals surface area (Å²) in [6, 6.07) is 0.885. The molecule has 15 heavy (non-hydrogen) atoms. The van der Waals surface area contributed by atoms with Crippen LogP contribution in [0.4, 0.5) is 0 Å². The summed E-state index contributed by atoms with van der Waals surface area (Å²) in [6.45, 7) is 2.08. The van der Waals surface area contributed by atoms with Gasteiger partial charge in [-0.2, -0.15) is 0 Å². The monoisotopic (exact) mass is 232 g/mol. The summed E-state index contributed by atoms with van der Waals surface area (Å²) in [6.07, 6.45) is 6.11. The molecule has 0 amide bonds. The third-order valence-corrected chi connectivity index (χ3v) is 4.87. The topological polar surface area (TPSA) is 56.4 Å². The average molecular weight is 232 g/mol. The smallest absolute Gasteiger partial charge is 0.377 e. The number of aromatic amines is 1. The van der Waals surface area contributed by atoms with Crippen molar-refractivity contribution >= 4 is 8.80 Å². The van der Waals surface area contributed by atoms with Gasteiger partial charge in [-0.3, -0.25) is 0 Å². The molecule has 0 saturated heterocycles. The molecule has 0 unspecified atom stereocenters. The summed E-state index contributed by atoms with van der Waals surface area (Å²) < 4.78 is 15.5. The van der Waals surface area contributed by atoms with Crippen molar-refractivity contribution < 1.29 is 13.3 Å². The van der Waals surface area contributed by atoms with Gasteiger partial charge in [0.15, 0.2) is 0 Å². The normalized spacial score (nSPS) is 10.7. The first kappa shape index (κ1) is 14.3. The van der Waals surface area contributed by atoms with E-state index in [0.717, 1.165) is 12.5 Å². The molecule has 0 aliphatic heterocycles. The lowest BCUT2D eigenvalue weighted by molar-refractivity contribution is 0.123. The number of aromatic nitrogens is 2. The fourth-order valence-electron chi connectivity index (χ4n) is 1.08. The van der Waals surface area contributed by atoms with E-state index >= 15 is 0 Å². The van der Waals surface area contributed by atoms with Gasteiger partial charge in [0.1, 0.15) is 0 Å². The van der Waals surface area contributed by atoms with Gasteiger partial charge in [-0.1, -0.05) is 13.3 Å². The maximum atomic E-state index is 5.17. The second-order valence-corrected chi connectivity index (χ2v) is 5.90. The Hall–Kier alpha value is -0.693. The van der Waals surface area contributed by atoms with E-state index < -0.39 is 8.80 Å². The molecule has 0 bridgehead atoms. The molecule has 0 spiro atoms. The predicted octanol–water partition coefficient (Wildman–Crippen LogP) is 1.68. The zero-order valence-corrected chi connectivity index (χ0v) is 10.8. The zero-order valence-electron chi connectivity index (χ0n) is 9.82. The molecule has 88 valence electrons. The third kappa shape index (κ3) is 5.68. The van der Waals surface area contributed by atoms with Crippen LogP contribution in [0.2, 0.25) is 6.04 Å². The van der Waals surface area contributed by atoms with Crippen molar-refractivity contribution in [3.63, 3.8) is 0 Å². The number of imidazole rings is 1. The van der Waals surface area contributed by atoms with E-state index in [0.29, 0.717) is 0 Å². The Morgan fingerprint density at radius 3 is 1.93 bits per heavy atom. The van der Waals surface area contributed by atoms with Crippen molar-refractivity contribution in [3.05, 3.63) is 18.7 Å². The molecule has 1 aromatic heterocycles. The van der Waals surface area contributed by atoms with Gasteiger partial charge in [0.2, 0.25) is 0 Å². The summed E-state index contributed by atoms with van der Waals surface area (Å²) in [5, 5.41) is 0. The first-order valence-corrected chi connectivity index (χ1v) is 6.76. The Labute approximate surface area is 92.1 Å². The van der Waals surface area contributed by atoms with Gasteiger partial charge >= 0.3 is 8.80 Å². The highest BCUT2D eigenvalue weighted by molar-refractivity contribution is 6.60. The molecular weight excluding hydrogens is 212 g/mol. The van der Waals surface area contributed by atoms with Crippen molar-refractivity contribution in [2.75, 3.05) is 21.3 Å². The summed E-state index contributed by atoms with van der Waals surface area (Å²) in [5.74, 6) is 0. The van der Waals surface area contributed by atoms with E-state index in [-0.39, 0.29) is 0 Å². The van der Waals surface area contributed by atoms with Crippen LogP contribution < -0.4 is 0 Å². The Bertz CT molecular complexity index is 190. The molecule has 1 N–H and O–H groups in total. The van der Waals surface area contributed by atoms with Crippen LogP contribution in [-0.4, -0.2) is 40.1 Å². The molecule has 0 radical (unpaired) electrons. The van der Waals surface area contributed by atoms with Crippen molar-refractivity contribution in [1.29, 1.82) is 0 Å². The first-order chi connectivity index (χ1) is 7.24. The van der Waals surface area contributed by atoms with Crippen LogP contribution in [0.15, 0.2) is 18.7 Å². The molecule has 1 heterocycles. The second-order valence-electron chi connectivity index (χ2n) is 2.81. The summed E-state index contributed by atoms with van der Waals surface area (Å²) in [7, 11) is 2.68. The number of rotatable bonds is 5. The van der Waals surface area contributed by atoms with Crippen LogP contribution in [-0.2, 0) is 13.3 Å². The standard InChI is InChI=1S/C6H16O3Si.C3H4N2/c1-5-6-10(7-2,8-3)9-4;1-2-5-3-4-1/h5-6H2,1-4H3;1-3H,(H,4,5). The quantitative estimate of drug-likeness (QED) is 0.785. The highest BCUT2D eigenvalue weighted by atomic mass is 28.4. The molecule has 0 aliphatic rings. The van der Waals surface area contributed by atoms with Crippen molar-refractivity contribution in [3.8, 4) is 0 Å².